The van der Waals surface area contributed by atoms with Crippen molar-refractivity contribution in [2.24, 2.45) is 5.92 Å². The molecule has 1 amide bonds. The van der Waals surface area contributed by atoms with E-state index in [-0.39, 0.29) is 5.69 Å². The Morgan fingerprint density at radius 3 is 3.00 bits per heavy atom. The summed E-state index contributed by atoms with van der Waals surface area (Å²) >= 11 is 4.46. The van der Waals surface area contributed by atoms with Gasteiger partial charge >= 0.3 is 0 Å². The average molecular weight is 448 g/mol. The zero-order valence-corrected chi connectivity index (χ0v) is 17.2. The standard InChI is InChI=1S/C20H19BrFN3OS/c1-2-10-3-5-15-11(7-10)8-13-17(23)18(27-20(13)25-15)19(26)24-16-6-4-12(21)9-14(16)22/h4,6,8-10H,2-3,5,7,23H2,1H3,(H,24,26). The van der Waals surface area contributed by atoms with Gasteiger partial charge in [-0.25, -0.2) is 9.37 Å². The highest BCUT2D eigenvalue weighted by atomic mass is 79.9. The number of thiophene rings is 1. The van der Waals surface area contributed by atoms with Crippen molar-refractivity contribution in [1.29, 1.82) is 0 Å². The Balaban J connectivity index is 1.68. The molecule has 2 heterocycles. The Labute approximate surface area is 169 Å². The third kappa shape index (κ3) is 3.46. The normalized spacial score (nSPS) is 16.3. The first-order valence-electron chi connectivity index (χ1n) is 8.93. The molecule has 1 aromatic carbocycles. The van der Waals surface area contributed by atoms with Gasteiger partial charge in [-0.15, -0.1) is 11.3 Å². The molecule has 0 bridgehead atoms. The molecule has 0 aliphatic heterocycles. The van der Waals surface area contributed by atoms with Crippen LogP contribution in [-0.2, 0) is 12.8 Å². The number of hydrogen-bond donors (Lipinski definition) is 2. The predicted molar refractivity (Wildman–Crippen MR) is 112 cm³/mol. The van der Waals surface area contributed by atoms with Crippen molar-refractivity contribution in [1.82, 2.24) is 4.98 Å². The van der Waals surface area contributed by atoms with Crippen LogP contribution in [0.25, 0.3) is 10.2 Å². The second-order valence-electron chi connectivity index (χ2n) is 6.89. The first-order valence-corrected chi connectivity index (χ1v) is 10.5. The minimum Gasteiger partial charge on any atom is -0.397 e. The highest BCUT2D eigenvalue weighted by Gasteiger charge is 2.23. The number of aromatic nitrogens is 1. The van der Waals surface area contributed by atoms with Crippen LogP contribution < -0.4 is 11.1 Å². The number of pyridine rings is 1. The molecule has 1 atom stereocenters. The number of carbonyl (C=O) groups excluding carboxylic acids is 1. The Morgan fingerprint density at radius 2 is 2.26 bits per heavy atom. The molecule has 0 saturated heterocycles. The molecule has 1 unspecified atom stereocenters. The van der Waals surface area contributed by atoms with E-state index in [1.54, 1.807) is 6.07 Å². The second-order valence-corrected chi connectivity index (χ2v) is 8.80. The molecule has 1 aliphatic carbocycles. The summed E-state index contributed by atoms with van der Waals surface area (Å²) in [6.07, 6.45) is 4.28. The fraction of sp³-hybridized carbons (Fsp3) is 0.300. The van der Waals surface area contributed by atoms with Gasteiger partial charge in [-0.05, 0) is 55.0 Å². The second kappa shape index (κ2) is 7.20. The lowest BCUT2D eigenvalue weighted by Gasteiger charge is -2.22. The Hall–Kier alpha value is -1.99. The van der Waals surface area contributed by atoms with Crippen molar-refractivity contribution in [2.75, 3.05) is 11.1 Å². The van der Waals surface area contributed by atoms with E-state index in [9.17, 15) is 9.18 Å². The van der Waals surface area contributed by atoms with Crippen LogP contribution >= 0.6 is 27.3 Å². The number of aryl methyl sites for hydroxylation is 1. The molecule has 0 spiro atoms. The average Bonchev–Trinajstić information content (AvgIpc) is 2.97. The topological polar surface area (TPSA) is 68.0 Å². The van der Waals surface area contributed by atoms with Crippen LogP contribution in [0.3, 0.4) is 0 Å². The van der Waals surface area contributed by atoms with Gasteiger partial charge < -0.3 is 11.1 Å². The van der Waals surface area contributed by atoms with Crippen LogP contribution in [0.5, 0.6) is 0 Å². The van der Waals surface area contributed by atoms with Gasteiger partial charge in [0.2, 0.25) is 0 Å². The maximum atomic E-state index is 14.0. The summed E-state index contributed by atoms with van der Waals surface area (Å²) in [5.41, 5.74) is 9.15. The first kappa shape index (κ1) is 18.4. The van der Waals surface area contributed by atoms with Gasteiger partial charge in [0.25, 0.3) is 5.91 Å². The number of halogens is 2. The molecule has 7 heteroatoms. The molecule has 4 rings (SSSR count). The largest absolute Gasteiger partial charge is 0.397 e. The molecule has 27 heavy (non-hydrogen) atoms. The zero-order valence-electron chi connectivity index (χ0n) is 14.8. The highest BCUT2D eigenvalue weighted by Crippen LogP contribution is 2.37. The van der Waals surface area contributed by atoms with Crippen LogP contribution in [0.15, 0.2) is 28.7 Å². The molecule has 140 valence electrons. The quantitative estimate of drug-likeness (QED) is 0.552. The minimum absolute atomic E-state index is 0.123. The molecular weight excluding hydrogens is 429 g/mol. The third-order valence-electron chi connectivity index (χ3n) is 5.15. The fourth-order valence-corrected chi connectivity index (χ4v) is 4.88. The van der Waals surface area contributed by atoms with Gasteiger partial charge in [0.05, 0.1) is 11.4 Å². The number of nitrogen functional groups attached to an aromatic ring is 1. The number of rotatable bonds is 3. The number of hydrogen-bond acceptors (Lipinski definition) is 4. The van der Waals surface area contributed by atoms with Crippen molar-refractivity contribution in [2.45, 2.75) is 32.6 Å². The van der Waals surface area contributed by atoms with E-state index in [0.29, 0.717) is 21.0 Å². The molecule has 0 fully saturated rings. The molecule has 3 N–H and O–H groups in total. The van der Waals surface area contributed by atoms with E-state index in [1.807, 2.05) is 0 Å². The summed E-state index contributed by atoms with van der Waals surface area (Å²) in [7, 11) is 0. The molecule has 4 nitrogen and oxygen atoms in total. The van der Waals surface area contributed by atoms with Crippen LogP contribution in [-0.4, -0.2) is 10.9 Å². The number of nitrogens with two attached hydrogens (primary N) is 1. The van der Waals surface area contributed by atoms with Gasteiger partial charge in [0.1, 0.15) is 15.5 Å². The van der Waals surface area contributed by atoms with E-state index in [1.165, 1.54) is 29.0 Å². The van der Waals surface area contributed by atoms with Gasteiger partial charge in [0.15, 0.2) is 0 Å². The fourth-order valence-electron chi connectivity index (χ4n) is 3.55. The van der Waals surface area contributed by atoms with Crippen LogP contribution in [0, 0.1) is 11.7 Å². The summed E-state index contributed by atoms with van der Waals surface area (Å²) in [6.45, 7) is 2.21. The monoisotopic (exact) mass is 447 g/mol. The molecular formula is C20H19BrFN3OS. The number of carbonyl (C=O) groups is 1. The predicted octanol–water partition coefficient (Wildman–Crippen LogP) is 5.55. The lowest BCUT2D eigenvalue weighted by atomic mass is 9.85. The van der Waals surface area contributed by atoms with Gasteiger partial charge in [-0.2, -0.15) is 0 Å². The molecule has 2 aromatic heterocycles. The van der Waals surface area contributed by atoms with Crippen molar-refractivity contribution in [3.8, 4) is 0 Å². The summed E-state index contributed by atoms with van der Waals surface area (Å²) in [6, 6.07) is 6.58. The molecule has 0 radical (unpaired) electrons. The van der Waals surface area contributed by atoms with Crippen LogP contribution in [0.2, 0.25) is 0 Å². The Kier molecular flexibility index (Phi) is 4.90. The molecule has 1 aliphatic rings. The third-order valence-corrected chi connectivity index (χ3v) is 6.76. The summed E-state index contributed by atoms with van der Waals surface area (Å²) in [5.74, 6) is -0.238. The summed E-state index contributed by atoms with van der Waals surface area (Å²) < 4.78 is 14.6. The van der Waals surface area contributed by atoms with Crippen LogP contribution in [0.1, 0.15) is 40.7 Å². The van der Waals surface area contributed by atoms with Gasteiger partial charge in [-0.1, -0.05) is 29.3 Å². The molecule has 0 saturated carbocycles. The maximum Gasteiger partial charge on any atom is 0.268 e. The van der Waals surface area contributed by atoms with E-state index in [0.717, 1.165) is 41.6 Å². The Morgan fingerprint density at radius 1 is 1.44 bits per heavy atom. The number of nitrogens with zero attached hydrogens (tertiary/aromatic N) is 1. The summed E-state index contributed by atoms with van der Waals surface area (Å²) in [4.78, 5) is 18.6. The van der Waals surface area contributed by atoms with Gasteiger partial charge in [-0.3, -0.25) is 4.79 Å². The number of amides is 1. The number of nitrogens with one attached hydrogen (secondary N) is 1. The lowest BCUT2D eigenvalue weighted by molar-refractivity contribution is 0.103. The van der Waals surface area contributed by atoms with Crippen molar-refractivity contribution >= 4 is 54.8 Å². The zero-order chi connectivity index (χ0) is 19.1. The Bertz CT molecular complexity index is 1050. The maximum absolute atomic E-state index is 14.0. The van der Waals surface area contributed by atoms with Crippen molar-refractivity contribution < 1.29 is 9.18 Å². The summed E-state index contributed by atoms with van der Waals surface area (Å²) in [5, 5.41) is 3.43. The van der Waals surface area contributed by atoms with E-state index < -0.39 is 11.7 Å². The highest BCUT2D eigenvalue weighted by molar-refractivity contribution is 9.10. The molecule has 3 aromatic rings. The lowest BCUT2D eigenvalue weighted by Crippen LogP contribution is -2.14. The number of fused-ring (bicyclic) bond motifs is 2. The smallest absolute Gasteiger partial charge is 0.268 e. The van der Waals surface area contributed by atoms with Gasteiger partial charge in [0, 0.05) is 15.6 Å². The van der Waals surface area contributed by atoms with E-state index in [2.05, 4.69) is 34.2 Å². The van der Waals surface area contributed by atoms with Crippen molar-refractivity contribution in [3.05, 3.63) is 50.7 Å². The first-order chi connectivity index (χ1) is 13.0. The SMILES string of the molecule is CCC1CCc2nc3sc(C(=O)Nc4ccc(Br)cc4F)c(N)c3cc2C1. The van der Waals surface area contributed by atoms with E-state index in [4.69, 9.17) is 10.7 Å². The number of anilines is 2. The van der Waals surface area contributed by atoms with Crippen LogP contribution in [0.4, 0.5) is 15.8 Å². The van der Waals surface area contributed by atoms with E-state index >= 15 is 0 Å². The minimum atomic E-state index is -0.503. The number of benzene rings is 1. The van der Waals surface area contributed by atoms with Crippen molar-refractivity contribution in [3.63, 3.8) is 0 Å².